The van der Waals surface area contributed by atoms with E-state index in [1.54, 1.807) is 49.4 Å². The van der Waals surface area contributed by atoms with Crippen molar-refractivity contribution in [3.05, 3.63) is 97.5 Å². The Morgan fingerprint density at radius 3 is 2.24 bits per heavy atom. The molecule has 0 saturated carbocycles. The highest BCUT2D eigenvalue weighted by Crippen LogP contribution is 2.25. The van der Waals surface area contributed by atoms with E-state index in [0.717, 1.165) is 19.7 Å². The zero-order valence-electron chi connectivity index (χ0n) is 20.9. The van der Waals surface area contributed by atoms with E-state index in [1.165, 1.54) is 4.90 Å². The molecule has 1 atom stereocenters. The fraction of sp³-hybridized carbons (Fsp3) is 0.259. The number of hydrogen-bond acceptors (Lipinski definition) is 4. The van der Waals surface area contributed by atoms with E-state index < -0.39 is 28.5 Å². The minimum Gasteiger partial charge on any atom is -0.355 e. The molecule has 0 saturated heterocycles. The lowest BCUT2D eigenvalue weighted by Gasteiger charge is -2.33. The van der Waals surface area contributed by atoms with Gasteiger partial charge in [0.25, 0.3) is 0 Å². The van der Waals surface area contributed by atoms with Crippen LogP contribution in [0.15, 0.2) is 72.8 Å². The molecule has 0 aliphatic carbocycles. The van der Waals surface area contributed by atoms with Crippen LogP contribution in [0.3, 0.4) is 0 Å². The second-order valence-corrected chi connectivity index (χ2v) is 12.6. The smallest absolute Gasteiger partial charge is 0.244 e. The average Bonchev–Trinajstić information content (AvgIpc) is 2.86. The van der Waals surface area contributed by atoms with Gasteiger partial charge >= 0.3 is 0 Å². The molecule has 11 heteroatoms. The van der Waals surface area contributed by atoms with E-state index in [2.05, 4.69) is 27.9 Å². The molecule has 0 bridgehead atoms. The van der Waals surface area contributed by atoms with Gasteiger partial charge in [0.05, 0.1) is 11.9 Å². The number of benzene rings is 3. The number of nitrogens with zero attached hydrogens (tertiary/aromatic N) is 2. The summed E-state index contributed by atoms with van der Waals surface area (Å²) in [5, 5.41) is 3.58. The Kier molecular flexibility index (Phi) is 10.8. The number of sulfonamides is 1. The van der Waals surface area contributed by atoms with Crippen LogP contribution in [0.1, 0.15) is 18.1 Å². The maximum Gasteiger partial charge on any atom is 0.244 e. The second-order valence-electron chi connectivity index (χ2n) is 8.60. The Bertz CT molecular complexity index is 1370. The number of hydrogen-bond donors (Lipinski definition) is 1. The van der Waals surface area contributed by atoms with Gasteiger partial charge in [-0.3, -0.25) is 13.9 Å². The lowest BCUT2D eigenvalue weighted by Crippen LogP contribution is -2.53. The van der Waals surface area contributed by atoms with Crippen molar-refractivity contribution in [2.75, 3.05) is 23.7 Å². The van der Waals surface area contributed by atoms with Crippen LogP contribution in [0.4, 0.5) is 5.69 Å². The minimum absolute atomic E-state index is 0.0201. The summed E-state index contributed by atoms with van der Waals surface area (Å²) in [6.07, 6.45) is 1.27. The summed E-state index contributed by atoms with van der Waals surface area (Å²) in [5.41, 5.74) is 1.77. The van der Waals surface area contributed by atoms with Crippen LogP contribution in [0, 0.1) is 3.57 Å². The van der Waals surface area contributed by atoms with Gasteiger partial charge in [0, 0.05) is 33.1 Å². The van der Waals surface area contributed by atoms with Crippen LogP contribution in [-0.4, -0.2) is 50.5 Å². The van der Waals surface area contributed by atoms with Gasteiger partial charge in [0.15, 0.2) is 0 Å². The van der Waals surface area contributed by atoms with E-state index in [9.17, 15) is 18.0 Å². The molecule has 202 valence electrons. The van der Waals surface area contributed by atoms with Crippen molar-refractivity contribution in [2.45, 2.75) is 25.9 Å². The number of carbonyl (C=O) groups excluding carboxylic acids is 2. The third kappa shape index (κ3) is 8.33. The van der Waals surface area contributed by atoms with Crippen molar-refractivity contribution in [3.63, 3.8) is 0 Å². The van der Waals surface area contributed by atoms with Gasteiger partial charge in [-0.2, -0.15) is 0 Å². The van der Waals surface area contributed by atoms with Crippen LogP contribution in [-0.2, 0) is 32.6 Å². The standard InChI is InChI=1S/C27H28Cl2IN3O4S/c1-3-31-27(35)25(15-19-7-5-4-6-8-19)32(17-20-9-10-21(28)16-24(20)29)26(34)18-33(38(2,36)37)23-13-11-22(30)12-14-23/h4-14,16,25H,3,15,17-18H2,1-2H3,(H,31,35). The van der Waals surface area contributed by atoms with Crippen molar-refractivity contribution in [3.8, 4) is 0 Å². The van der Waals surface area contributed by atoms with E-state index in [1.807, 2.05) is 30.3 Å². The van der Waals surface area contributed by atoms with Crippen LogP contribution in [0.2, 0.25) is 10.0 Å². The van der Waals surface area contributed by atoms with Crippen molar-refractivity contribution >= 4 is 73.3 Å². The van der Waals surface area contributed by atoms with E-state index in [-0.39, 0.29) is 18.9 Å². The largest absolute Gasteiger partial charge is 0.355 e. The molecule has 0 aromatic heterocycles. The summed E-state index contributed by atoms with van der Waals surface area (Å²) in [7, 11) is -3.82. The van der Waals surface area contributed by atoms with Gasteiger partial charge in [0.1, 0.15) is 12.6 Å². The van der Waals surface area contributed by atoms with Gasteiger partial charge in [-0.25, -0.2) is 8.42 Å². The summed E-state index contributed by atoms with van der Waals surface area (Å²) >= 11 is 14.6. The molecule has 0 heterocycles. The summed E-state index contributed by atoms with van der Waals surface area (Å²) in [6, 6.07) is 20.1. The van der Waals surface area contributed by atoms with E-state index in [4.69, 9.17) is 23.2 Å². The number of rotatable bonds is 11. The van der Waals surface area contributed by atoms with Crippen LogP contribution >= 0.6 is 45.8 Å². The number of nitrogens with one attached hydrogen (secondary N) is 1. The molecule has 38 heavy (non-hydrogen) atoms. The molecule has 3 aromatic carbocycles. The van der Waals surface area contributed by atoms with Gasteiger partial charge in [0.2, 0.25) is 21.8 Å². The second kappa shape index (κ2) is 13.6. The number of likely N-dealkylation sites (N-methyl/N-ethyl adjacent to an activating group) is 1. The van der Waals surface area contributed by atoms with Gasteiger partial charge < -0.3 is 10.2 Å². The SMILES string of the molecule is CCNC(=O)C(Cc1ccccc1)N(Cc1ccc(Cl)cc1Cl)C(=O)CN(c1ccc(I)cc1)S(C)(=O)=O. The van der Waals surface area contributed by atoms with Crippen molar-refractivity contribution in [1.82, 2.24) is 10.2 Å². The number of carbonyl (C=O) groups is 2. The van der Waals surface area contributed by atoms with Gasteiger partial charge in [-0.15, -0.1) is 0 Å². The van der Waals surface area contributed by atoms with Crippen molar-refractivity contribution < 1.29 is 18.0 Å². The molecular weight excluding hydrogens is 660 g/mol. The van der Waals surface area contributed by atoms with Crippen LogP contribution < -0.4 is 9.62 Å². The molecule has 0 aliphatic rings. The number of halogens is 3. The Morgan fingerprint density at radius 2 is 1.66 bits per heavy atom. The lowest BCUT2D eigenvalue weighted by atomic mass is 10.0. The molecule has 2 amide bonds. The summed E-state index contributed by atoms with van der Waals surface area (Å²) < 4.78 is 27.5. The molecule has 0 fully saturated rings. The summed E-state index contributed by atoms with van der Waals surface area (Å²) in [6.45, 7) is 1.65. The Hall–Kier alpha value is -2.34. The van der Waals surface area contributed by atoms with Gasteiger partial charge in [-0.05, 0) is 77.0 Å². The quantitative estimate of drug-likeness (QED) is 0.283. The van der Waals surface area contributed by atoms with Gasteiger partial charge in [-0.1, -0.05) is 59.6 Å². The molecule has 1 N–H and O–H groups in total. The first kappa shape index (κ1) is 30.2. The zero-order chi connectivity index (χ0) is 27.9. The topological polar surface area (TPSA) is 86.8 Å². The predicted octanol–water partition coefficient (Wildman–Crippen LogP) is 5.14. The molecule has 0 radical (unpaired) electrons. The Morgan fingerprint density at radius 1 is 1.00 bits per heavy atom. The molecular formula is C27H28Cl2IN3O4S. The predicted molar refractivity (Wildman–Crippen MR) is 161 cm³/mol. The molecule has 0 aliphatic heterocycles. The lowest BCUT2D eigenvalue weighted by molar-refractivity contribution is -0.140. The Balaban J connectivity index is 2.06. The minimum atomic E-state index is -3.82. The average molecular weight is 688 g/mol. The number of amides is 2. The van der Waals surface area contributed by atoms with Crippen molar-refractivity contribution in [2.24, 2.45) is 0 Å². The third-order valence-corrected chi connectivity index (χ3v) is 8.22. The fourth-order valence-electron chi connectivity index (χ4n) is 3.90. The maximum atomic E-state index is 13.9. The Labute approximate surface area is 247 Å². The van der Waals surface area contributed by atoms with Crippen LogP contribution in [0.25, 0.3) is 0 Å². The first-order valence-corrected chi connectivity index (χ1v) is 15.5. The van der Waals surface area contributed by atoms with Crippen LogP contribution in [0.5, 0.6) is 0 Å². The summed E-state index contributed by atoms with van der Waals surface area (Å²) in [5.74, 6) is -0.901. The first-order chi connectivity index (χ1) is 18.0. The molecule has 7 nitrogen and oxygen atoms in total. The number of anilines is 1. The van der Waals surface area contributed by atoms with Crippen molar-refractivity contribution in [1.29, 1.82) is 0 Å². The molecule has 0 spiro atoms. The van der Waals surface area contributed by atoms with E-state index in [0.29, 0.717) is 27.8 Å². The third-order valence-electron chi connectivity index (χ3n) is 5.77. The first-order valence-electron chi connectivity index (χ1n) is 11.8. The normalized spacial score (nSPS) is 12.0. The highest BCUT2D eigenvalue weighted by atomic mass is 127. The monoisotopic (exact) mass is 687 g/mol. The molecule has 3 rings (SSSR count). The molecule has 3 aromatic rings. The fourth-order valence-corrected chi connectivity index (χ4v) is 5.58. The summed E-state index contributed by atoms with van der Waals surface area (Å²) in [4.78, 5) is 28.6. The zero-order valence-corrected chi connectivity index (χ0v) is 25.4. The maximum absolute atomic E-state index is 13.9. The molecule has 1 unspecified atom stereocenters. The highest BCUT2D eigenvalue weighted by molar-refractivity contribution is 14.1. The highest BCUT2D eigenvalue weighted by Gasteiger charge is 2.33. The van der Waals surface area contributed by atoms with E-state index >= 15 is 0 Å².